The predicted molar refractivity (Wildman–Crippen MR) is 88.0 cm³/mol. The number of pyridine rings is 1. The second-order valence-corrected chi connectivity index (χ2v) is 5.62. The first kappa shape index (κ1) is 14.7. The van der Waals surface area contributed by atoms with Gasteiger partial charge in [0.2, 0.25) is 0 Å². The van der Waals surface area contributed by atoms with Crippen molar-refractivity contribution < 1.29 is 4.79 Å². The molecule has 3 aromatic rings. The molecule has 2 aromatic heterocycles. The van der Waals surface area contributed by atoms with Crippen LogP contribution in [0.25, 0.3) is 16.9 Å². The molecule has 0 atom stereocenters. The Labute approximate surface area is 139 Å². The summed E-state index contributed by atoms with van der Waals surface area (Å²) in [4.78, 5) is 16.2. The maximum Gasteiger partial charge on any atom is 0.268 e. The van der Waals surface area contributed by atoms with Crippen molar-refractivity contribution in [3.8, 4) is 16.9 Å². The zero-order valence-electron chi connectivity index (χ0n) is 11.2. The Morgan fingerprint density at radius 1 is 1.18 bits per heavy atom. The molecule has 2 heterocycles. The molecule has 3 rings (SSSR count). The number of nitrogens with two attached hydrogens (primary N) is 1. The number of halogens is 2. The van der Waals surface area contributed by atoms with Crippen LogP contribution >= 0.6 is 27.5 Å². The highest BCUT2D eigenvalue weighted by Crippen LogP contribution is 2.33. The Kier molecular flexibility index (Phi) is 3.96. The first-order chi connectivity index (χ1) is 10.6. The van der Waals surface area contributed by atoms with Gasteiger partial charge in [-0.15, -0.1) is 0 Å². The van der Waals surface area contributed by atoms with Crippen LogP contribution in [0, 0.1) is 0 Å². The van der Waals surface area contributed by atoms with Gasteiger partial charge in [0.15, 0.2) is 5.82 Å². The molecule has 0 spiro atoms. The molecular formula is C15H10BrClN4O. The summed E-state index contributed by atoms with van der Waals surface area (Å²) in [5, 5.41) is 4.70. The van der Waals surface area contributed by atoms with Crippen molar-refractivity contribution in [1.82, 2.24) is 14.8 Å². The zero-order chi connectivity index (χ0) is 15.7. The molecule has 0 unspecified atom stereocenters. The number of carbonyl (C=O) groups excluding carboxylic acids is 1. The van der Waals surface area contributed by atoms with E-state index in [2.05, 4.69) is 26.0 Å². The Balaban J connectivity index is 2.31. The number of primary amides is 1. The third-order valence-electron chi connectivity index (χ3n) is 3.08. The van der Waals surface area contributed by atoms with Gasteiger partial charge in [0.25, 0.3) is 5.91 Å². The van der Waals surface area contributed by atoms with E-state index in [0.717, 1.165) is 5.56 Å². The molecule has 5 nitrogen and oxygen atoms in total. The molecule has 1 amide bonds. The van der Waals surface area contributed by atoms with Gasteiger partial charge in [0.1, 0.15) is 10.3 Å². The van der Waals surface area contributed by atoms with E-state index < -0.39 is 5.91 Å². The van der Waals surface area contributed by atoms with Crippen molar-refractivity contribution in [3.63, 3.8) is 0 Å². The quantitative estimate of drug-likeness (QED) is 0.759. The number of aromatic nitrogens is 3. The highest BCUT2D eigenvalue weighted by molar-refractivity contribution is 9.10. The van der Waals surface area contributed by atoms with E-state index in [1.54, 1.807) is 18.3 Å². The lowest BCUT2D eigenvalue weighted by molar-refractivity contribution is 0.0993. The Morgan fingerprint density at radius 3 is 2.55 bits per heavy atom. The van der Waals surface area contributed by atoms with Crippen LogP contribution in [-0.4, -0.2) is 20.7 Å². The van der Waals surface area contributed by atoms with E-state index >= 15 is 0 Å². The van der Waals surface area contributed by atoms with Gasteiger partial charge in [0.05, 0.1) is 5.02 Å². The molecule has 0 bridgehead atoms. The Hall–Kier alpha value is -2.18. The van der Waals surface area contributed by atoms with Gasteiger partial charge in [-0.1, -0.05) is 41.9 Å². The van der Waals surface area contributed by atoms with Crippen LogP contribution in [0.1, 0.15) is 10.5 Å². The summed E-state index contributed by atoms with van der Waals surface area (Å²) < 4.78 is 1.85. The molecule has 0 saturated heterocycles. The molecule has 0 saturated carbocycles. The molecule has 0 aliphatic carbocycles. The SMILES string of the molecule is NC(=O)c1c(-c2ccccc2)c(Br)nn1-c1ncccc1Cl. The fourth-order valence-electron chi connectivity index (χ4n) is 2.17. The number of nitrogens with zero attached hydrogens (tertiary/aromatic N) is 3. The number of carbonyl (C=O) groups is 1. The van der Waals surface area contributed by atoms with Crippen molar-refractivity contribution in [2.75, 3.05) is 0 Å². The molecule has 0 radical (unpaired) electrons. The summed E-state index contributed by atoms with van der Waals surface area (Å²) in [5.41, 5.74) is 7.21. The standard InChI is InChI=1S/C15H10BrClN4O/c16-13-11(9-5-2-1-3-6-9)12(14(18)22)21(20-13)15-10(17)7-4-8-19-15/h1-8H,(H2,18,22). The predicted octanol–water partition coefficient (Wildman–Crippen LogP) is 3.45. The van der Waals surface area contributed by atoms with Crippen LogP contribution in [0.4, 0.5) is 0 Å². The third kappa shape index (κ3) is 2.51. The lowest BCUT2D eigenvalue weighted by Gasteiger charge is -2.07. The topological polar surface area (TPSA) is 73.8 Å². The summed E-state index contributed by atoms with van der Waals surface area (Å²) in [6.07, 6.45) is 1.57. The summed E-state index contributed by atoms with van der Waals surface area (Å²) in [6.45, 7) is 0. The van der Waals surface area contributed by atoms with E-state index in [1.165, 1.54) is 4.68 Å². The Bertz CT molecular complexity index is 848. The van der Waals surface area contributed by atoms with Crippen LogP contribution in [0.3, 0.4) is 0 Å². The summed E-state index contributed by atoms with van der Waals surface area (Å²) in [6, 6.07) is 12.8. The maximum absolute atomic E-state index is 12.0. The van der Waals surface area contributed by atoms with Gasteiger partial charge >= 0.3 is 0 Å². The average Bonchev–Trinajstić information content (AvgIpc) is 2.86. The van der Waals surface area contributed by atoms with Crippen molar-refractivity contribution in [2.24, 2.45) is 5.73 Å². The summed E-state index contributed by atoms with van der Waals surface area (Å²) in [7, 11) is 0. The van der Waals surface area contributed by atoms with Gasteiger partial charge in [-0.3, -0.25) is 4.79 Å². The summed E-state index contributed by atoms with van der Waals surface area (Å²) in [5.74, 6) is -0.264. The number of hydrogen-bond acceptors (Lipinski definition) is 3. The van der Waals surface area contributed by atoms with Gasteiger partial charge in [-0.25, -0.2) is 9.67 Å². The molecule has 0 aliphatic rings. The molecule has 22 heavy (non-hydrogen) atoms. The minimum absolute atomic E-state index is 0.221. The van der Waals surface area contributed by atoms with Crippen molar-refractivity contribution in [2.45, 2.75) is 0 Å². The second kappa shape index (κ2) is 5.90. The normalized spacial score (nSPS) is 10.6. The smallest absolute Gasteiger partial charge is 0.268 e. The van der Waals surface area contributed by atoms with E-state index in [-0.39, 0.29) is 5.69 Å². The monoisotopic (exact) mass is 376 g/mol. The fourth-order valence-corrected chi connectivity index (χ4v) is 2.94. The van der Waals surface area contributed by atoms with Crippen LogP contribution < -0.4 is 5.73 Å². The molecular weight excluding hydrogens is 368 g/mol. The fraction of sp³-hybridized carbons (Fsp3) is 0. The van der Waals surface area contributed by atoms with Crippen LogP contribution in [0.5, 0.6) is 0 Å². The average molecular weight is 378 g/mol. The first-order valence-corrected chi connectivity index (χ1v) is 7.51. The van der Waals surface area contributed by atoms with Gasteiger partial charge in [0, 0.05) is 11.8 Å². The number of amides is 1. The second-order valence-electron chi connectivity index (χ2n) is 4.47. The first-order valence-electron chi connectivity index (χ1n) is 6.34. The van der Waals surface area contributed by atoms with E-state index in [9.17, 15) is 4.79 Å². The van der Waals surface area contributed by atoms with E-state index in [1.807, 2.05) is 30.3 Å². The van der Waals surface area contributed by atoms with Gasteiger partial charge < -0.3 is 5.73 Å². The number of hydrogen-bond donors (Lipinski definition) is 1. The van der Waals surface area contributed by atoms with Crippen LogP contribution in [-0.2, 0) is 0 Å². The minimum Gasteiger partial charge on any atom is -0.364 e. The van der Waals surface area contributed by atoms with Crippen LogP contribution in [0.2, 0.25) is 5.02 Å². The minimum atomic E-state index is -0.612. The third-order valence-corrected chi connectivity index (χ3v) is 3.93. The molecule has 0 fully saturated rings. The zero-order valence-corrected chi connectivity index (χ0v) is 13.5. The number of rotatable bonds is 3. The Morgan fingerprint density at radius 2 is 1.91 bits per heavy atom. The molecule has 1 aromatic carbocycles. The lowest BCUT2D eigenvalue weighted by Crippen LogP contribution is -2.18. The molecule has 2 N–H and O–H groups in total. The van der Waals surface area contributed by atoms with Crippen LogP contribution in [0.15, 0.2) is 53.3 Å². The van der Waals surface area contributed by atoms with E-state index in [0.29, 0.717) is 21.0 Å². The summed E-state index contributed by atoms with van der Waals surface area (Å²) >= 11 is 9.54. The molecule has 110 valence electrons. The van der Waals surface area contributed by atoms with Crippen molar-refractivity contribution in [3.05, 3.63) is 64.0 Å². The van der Waals surface area contributed by atoms with E-state index in [4.69, 9.17) is 17.3 Å². The van der Waals surface area contributed by atoms with Gasteiger partial charge in [-0.05, 0) is 33.6 Å². The van der Waals surface area contributed by atoms with Crippen molar-refractivity contribution in [1.29, 1.82) is 0 Å². The van der Waals surface area contributed by atoms with Gasteiger partial charge in [-0.2, -0.15) is 5.10 Å². The van der Waals surface area contributed by atoms with Crippen molar-refractivity contribution >= 4 is 33.4 Å². The lowest BCUT2D eigenvalue weighted by atomic mass is 10.1. The molecule has 7 heteroatoms. The number of benzene rings is 1. The largest absolute Gasteiger partial charge is 0.364 e. The highest BCUT2D eigenvalue weighted by atomic mass is 79.9. The molecule has 0 aliphatic heterocycles. The highest BCUT2D eigenvalue weighted by Gasteiger charge is 2.24. The maximum atomic E-state index is 12.0.